The number of hydrogen-bond donors (Lipinski definition) is 4. The van der Waals surface area contributed by atoms with Gasteiger partial charge in [-0.25, -0.2) is 4.99 Å². The van der Waals surface area contributed by atoms with Gasteiger partial charge < -0.3 is 30.1 Å². The van der Waals surface area contributed by atoms with Gasteiger partial charge in [-0.3, -0.25) is 0 Å². The summed E-state index contributed by atoms with van der Waals surface area (Å²) in [5, 5.41) is 30.9. The van der Waals surface area contributed by atoms with Gasteiger partial charge in [-0.1, -0.05) is 0 Å². The summed E-state index contributed by atoms with van der Waals surface area (Å²) in [6.45, 7) is 1.02. The van der Waals surface area contributed by atoms with Crippen molar-refractivity contribution in [1.29, 1.82) is 0 Å². The van der Waals surface area contributed by atoms with Gasteiger partial charge in [-0.15, -0.1) is 0 Å². The van der Waals surface area contributed by atoms with Crippen molar-refractivity contribution in [2.45, 2.75) is 24.5 Å². The second-order valence-corrected chi connectivity index (χ2v) is 3.48. The summed E-state index contributed by atoms with van der Waals surface area (Å²) >= 11 is 0. The van der Waals surface area contributed by atoms with Crippen molar-refractivity contribution in [2.24, 2.45) is 4.99 Å². The maximum Gasteiger partial charge on any atom is 0.286 e. The second kappa shape index (κ2) is 4.31. The SMILES string of the molecule is O[C@H]1[C@@H](O)COC(NC2=NCCO2)[C@@H]1O. The van der Waals surface area contributed by atoms with Crippen LogP contribution in [0.5, 0.6) is 0 Å². The lowest BCUT2D eigenvalue weighted by molar-refractivity contribution is -0.191. The fourth-order valence-corrected chi connectivity index (χ4v) is 1.48. The first-order valence-electron chi connectivity index (χ1n) is 4.78. The van der Waals surface area contributed by atoms with Gasteiger partial charge in [0.15, 0.2) is 6.23 Å². The number of amidine groups is 1. The van der Waals surface area contributed by atoms with Crippen LogP contribution >= 0.6 is 0 Å². The van der Waals surface area contributed by atoms with Gasteiger partial charge in [-0.2, -0.15) is 0 Å². The van der Waals surface area contributed by atoms with E-state index in [1.54, 1.807) is 0 Å². The van der Waals surface area contributed by atoms with E-state index in [0.717, 1.165) is 0 Å². The van der Waals surface area contributed by atoms with Crippen LogP contribution in [0.15, 0.2) is 4.99 Å². The van der Waals surface area contributed by atoms with Gasteiger partial charge in [0.25, 0.3) is 6.02 Å². The Morgan fingerprint density at radius 3 is 2.73 bits per heavy atom. The maximum absolute atomic E-state index is 9.56. The van der Waals surface area contributed by atoms with Gasteiger partial charge in [0.1, 0.15) is 24.9 Å². The molecule has 7 heteroatoms. The molecule has 0 aromatic heterocycles. The lowest BCUT2D eigenvalue weighted by Crippen LogP contribution is -2.59. The molecule has 0 saturated carbocycles. The van der Waals surface area contributed by atoms with Crippen molar-refractivity contribution in [2.75, 3.05) is 19.8 Å². The minimum absolute atomic E-state index is 0.0385. The molecule has 86 valence electrons. The van der Waals surface area contributed by atoms with E-state index in [0.29, 0.717) is 19.2 Å². The van der Waals surface area contributed by atoms with E-state index in [2.05, 4.69) is 10.3 Å². The van der Waals surface area contributed by atoms with Crippen LogP contribution in [0.2, 0.25) is 0 Å². The number of aliphatic imine (C=N–C) groups is 1. The highest BCUT2D eigenvalue weighted by molar-refractivity contribution is 5.75. The molecule has 0 spiro atoms. The number of nitrogens with one attached hydrogen (secondary N) is 1. The molecular formula is C8H14N2O5. The molecule has 1 fully saturated rings. The number of nitrogens with zero attached hydrogens (tertiary/aromatic N) is 1. The Kier molecular flexibility index (Phi) is 3.06. The Morgan fingerprint density at radius 1 is 1.27 bits per heavy atom. The Bertz CT molecular complexity index is 259. The van der Waals surface area contributed by atoms with E-state index >= 15 is 0 Å². The van der Waals surface area contributed by atoms with Crippen molar-refractivity contribution in [1.82, 2.24) is 5.32 Å². The first kappa shape index (κ1) is 10.6. The van der Waals surface area contributed by atoms with Gasteiger partial charge in [0.2, 0.25) is 0 Å². The van der Waals surface area contributed by atoms with Crippen molar-refractivity contribution >= 4 is 6.02 Å². The number of aliphatic hydroxyl groups excluding tert-OH is 3. The molecule has 2 rings (SSSR count). The highest BCUT2D eigenvalue weighted by Gasteiger charge is 2.38. The van der Waals surface area contributed by atoms with E-state index < -0.39 is 24.5 Å². The fraction of sp³-hybridized carbons (Fsp3) is 0.875. The monoisotopic (exact) mass is 218 g/mol. The average Bonchev–Trinajstić information content (AvgIpc) is 2.72. The van der Waals surface area contributed by atoms with E-state index in [-0.39, 0.29) is 6.61 Å². The zero-order valence-corrected chi connectivity index (χ0v) is 8.04. The summed E-state index contributed by atoms with van der Waals surface area (Å²) in [7, 11) is 0. The van der Waals surface area contributed by atoms with Gasteiger partial charge >= 0.3 is 0 Å². The Labute approximate surface area is 86.3 Å². The molecule has 2 aliphatic rings. The Hall–Kier alpha value is -0.890. The zero-order chi connectivity index (χ0) is 10.8. The van der Waals surface area contributed by atoms with Crippen LogP contribution in [0.25, 0.3) is 0 Å². The maximum atomic E-state index is 9.56. The van der Waals surface area contributed by atoms with Gasteiger partial charge in [-0.05, 0) is 0 Å². The molecule has 15 heavy (non-hydrogen) atoms. The first-order valence-corrected chi connectivity index (χ1v) is 4.78. The zero-order valence-electron chi connectivity index (χ0n) is 8.04. The third-order valence-corrected chi connectivity index (χ3v) is 2.35. The molecule has 4 atom stereocenters. The molecule has 4 N–H and O–H groups in total. The lowest BCUT2D eigenvalue weighted by Gasteiger charge is -2.35. The first-order chi connectivity index (χ1) is 7.18. The van der Waals surface area contributed by atoms with Gasteiger partial charge in [0.05, 0.1) is 13.2 Å². The third-order valence-electron chi connectivity index (χ3n) is 2.35. The van der Waals surface area contributed by atoms with Crippen LogP contribution < -0.4 is 5.32 Å². The molecule has 0 aromatic rings. The number of rotatable bonds is 1. The molecule has 0 bridgehead atoms. The molecule has 0 aliphatic carbocycles. The molecule has 0 amide bonds. The second-order valence-electron chi connectivity index (χ2n) is 3.48. The van der Waals surface area contributed by atoms with E-state index in [1.807, 2.05) is 0 Å². The van der Waals surface area contributed by atoms with Crippen molar-refractivity contribution in [3.63, 3.8) is 0 Å². The van der Waals surface area contributed by atoms with Crippen LogP contribution in [-0.2, 0) is 9.47 Å². The van der Waals surface area contributed by atoms with Crippen LogP contribution in [0.1, 0.15) is 0 Å². The lowest BCUT2D eigenvalue weighted by atomic mass is 10.0. The number of hydrogen-bond acceptors (Lipinski definition) is 7. The molecule has 1 unspecified atom stereocenters. The summed E-state index contributed by atoms with van der Waals surface area (Å²) in [5.41, 5.74) is 0. The highest BCUT2D eigenvalue weighted by atomic mass is 16.6. The van der Waals surface area contributed by atoms with Gasteiger partial charge in [0, 0.05) is 0 Å². The summed E-state index contributed by atoms with van der Waals surface area (Å²) in [5.74, 6) is 0. The van der Waals surface area contributed by atoms with Crippen molar-refractivity contribution < 1.29 is 24.8 Å². The highest BCUT2D eigenvalue weighted by Crippen LogP contribution is 2.14. The predicted molar refractivity (Wildman–Crippen MR) is 49.2 cm³/mol. The normalized spacial score (nSPS) is 40.9. The molecule has 7 nitrogen and oxygen atoms in total. The molecular weight excluding hydrogens is 204 g/mol. The average molecular weight is 218 g/mol. The van der Waals surface area contributed by atoms with Crippen molar-refractivity contribution in [3.05, 3.63) is 0 Å². The molecule has 1 saturated heterocycles. The summed E-state index contributed by atoms with van der Waals surface area (Å²) in [6.07, 6.45) is -4.30. The van der Waals surface area contributed by atoms with Crippen molar-refractivity contribution in [3.8, 4) is 0 Å². The molecule has 2 aliphatic heterocycles. The minimum atomic E-state index is -1.22. The molecule has 2 heterocycles. The minimum Gasteiger partial charge on any atom is -0.463 e. The van der Waals surface area contributed by atoms with Crippen LogP contribution in [-0.4, -0.2) is 65.6 Å². The predicted octanol–water partition coefficient (Wildman–Crippen LogP) is -2.60. The fourth-order valence-electron chi connectivity index (χ4n) is 1.48. The topological polar surface area (TPSA) is 104 Å². The van der Waals surface area contributed by atoms with E-state index in [1.165, 1.54) is 0 Å². The quantitative estimate of drug-likeness (QED) is 0.385. The Balaban J connectivity index is 1.92. The standard InChI is InChI=1S/C8H14N2O5/c11-4-3-15-7(6(13)5(4)12)10-8-9-1-2-14-8/h4-7,11-13H,1-3H2,(H,9,10)/t4-,5-,6+,7?/m0/s1. The summed E-state index contributed by atoms with van der Waals surface area (Å²) < 4.78 is 10.2. The van der Waals surface area contributed by atoms with Crippen LogP contribution in [0.4, 0.5) is 0 Å². The largest absolute Gasteiger partial charge is 0.463 e. The number of ether oxygens (including phenoxy) is 2. The van der Waals surface area contributed by atoms with Crippen LogP contribution in [0.3, 0.4) is 0 Å². The van der Waals surface area contributed by atoms with E-state index in [9.17, 15) is 15.3 Å². The molecule has 0 radical (unpaired) electrons. The summed E-state index contributed by atoms with van der Waals surface area (Å²) in [6, 6.07) is 0.294. The smallest absolute Gasteiger partial charge is 0.286 e. The van der Waals surface area contributed by atoms with Crippen LogP contribution in [0, 0.1) is 0 Å². The Morgan fingerprint density at radius 2 is 2.07 bits per heavy atom. The summed E-state index contributed by atoms with van der Waals surface area (Å²) in [4.78, 5) is 3.96. The third kappa shape index (κ3) is 2.20. The number of aliphatic hydroxyl groups is 3. The van der Waals surface area contributed by atoms with E-state index in [4.69, 9.17) is 9.47 Å². The molecule has 0 aromatic carbocycles.